The molecule has 0 aliphatic rings. The molecule has 0 bridgehead atoms. The topological polar surface area (TPSA) is 52.5 Å². The predicted octanol–water partition coefficient (Wildman–Crippen LogP) is 2.82. The molecular weight excluding hydrogens is 238 g/mol. The van der Waals surface area contributed by atoms with Crippen molar-refractivity contribution in [3.05, 3.63) is 59.7 Å². The number of phenols is 2. The average Bonchev–Trinajstić information content (AvgIpc) is 2.42. The fourth-order valence-electron chi connectivity index (χ4n) is 2.01. The Morgan fingerprint density at radius 2 is 1.37 bits per heavy atom. The summed E-state index contributed by atoms with van der Waals surface area (Å²) in [7, 11) is 0. The van der Waals surface area contributed by atoms with E-state index < -0.39 is 0 Å². The Labute approximate surface area is 113 Å². The molecule has 0 saturated heterocycles. The summed E-state index contributed by atoms with van der Waals surface area (Å²) in [5.41, 5.74) is 1.89. The van der Waals surface area contributed by atoms with Gasteiger partial charge in [-0.05, 0) is 37.1 Å². The zero-order chi connectivity index (χ0) is 13.5. The van der Waals surface area contributed by atoms with Crippen molar-refractivity contribution >= 4 is 0 Å². The molecule has 100 valence electrons. The van der Waals surface area contributed by atoms with Crippen LogP contribution in [-0.4, -0.2) is 16.8 Å². The van der Waals surface area contributed by atoms with Gasteiger partial charge in [0.1, 0.15) is 11.5 Å². The van der Waals surface area contributed by atoms with Gasteiger partial charge in [-0.15, -0.1) is 0 Å². The Bertz CT molecular complexity index is 478. The van der Waals surface area contributed by atoms with Crippen LogP contribution in [0.25, 0.3) is 0 Å². The van der Waals surface area contributed by atoms with Gasteiger partial charge in [-0.1, -0.05) is 36.4 Å². The van der Waals surface area contributed by atoms with Crippen LogP contribution >= 0.6 is 0 Å². The molecule has 0 aliphatic heterocycles. The highest BCUT2D eigenvalue weighted by atomic mass is 16.3. The van der Waals surface area contributed by atoms with E-state index in [4.69, 9.17) is 0 Å². The third kappa shape index (κ3) is 4.00. The van der Waals surface area contributed by atoms with E-state index >= 15 is 0 Å². The van der Waals surface area contributed by atoms with Gasteiger partial charge in [-0.25, -0.2) is 0 Å². The van der Waals surface area contributed by atoms with Crippen molar-refractivity contribution in [2.45, 2.75) is 19.4 Å². The third-order valence-electron chi connectivity index (χ3n) is 3.10. The lowest BCUT2D eigenvalue weighted by Crippen LogP contribution is -2.15. The Morgan fingerprint density at radius 1 is 0.789 bits per heavy atom. The molecule has 3 N–H and O–H groups in total. The maximum absolute atomic E-state index is 9.63. The maximum Gasteiger partial charge on any atom is 0.120 e. The molecule has 19 heavy (non-hydrogen) atoms. The Balaban J connectivity index is 1.71. The van der Waals surface area contributed by atoms with Crippen LogP contribution in [0.2, 0.25) is 0 Å². The van der Waals surface area contributed by atoms with E-state index in [2.05, 4.69) is 5.32 Å². The van der Waals surface area contributed by atoms with Gasteiger partial charge < -0.3 is 15.5 Å². The number of para-hydroxylation sites is 2. The number of nitrogens with one attached hydrogen (secondary N) is 1. The zero-order valence-electron chi connectivity index (χ0n) is 10.8. The number of hydrogen-bond donors (Lipinski definition) is 3. The van der Waals surface area contributed by atoms with Crippen LogP contribution in [0.4, 0.5) is 0 Å². The molecule has 0 fully saturated rings. The van der Waals surface area contributed by atoms with Gasteiger partial charge in [0.15, 0.2) is 0 Å². The van der Waals surface area contributed by atoms with Gasteiger partial charge in [-0.2, -0.15) is 0 Å². The molecule has 0 amide bonds. The second kappa shape index (κ2) is 6.81. The van der Waals surface area contributed by atoms with E-state index in [0.29, 0.717) is 18.0 Å². The molecule has 0 unspecified atom stereocenters. The Kier molecular flexibility index (Phi) is 4.81. The normalized spacial score (nSPS) is 10.5. The molecule has 0 atom stereocenters. The second-order valence-corrected chi connectivity index (χ2v) is 4.54. The number of phenolic OH excluding ortho intramolecular Hbond substituents is 2. The first-order valence-electron chi connectivity index (χ1n) is 6.52. The van der Waals surface area contributed by atoms with E-state index in [1.807, 2.05) is 36.4 Å². The van der Waals surface area contributed by atoms with Crippen molar-refractivity contribution in [3.8, 4) is 11.5 Å². The molecule has 0 heterocycles. The number of benzene rings is 2. The first-order chi connectivity index (χ1) is 9.27. The van der Waals surface area contributed by atoms with Crippen LogP contribution in [0.5, 0.6) is 11.5 Å². The fourth-order valence-corrected chi connectivity index (χ4v) is 2.01. The number of rotatable bonds is 6. The van der Waals surface area contributed by atoms with Crippen LogP contribution in [0, 0.1) is 0 Å². The standard InChI is InChI=1S/C16H19NO2/c18-15-9-3-1-6-13(15)8-5-11-17-12-14-7-2-4-10-16(14)19/h1-4,6-7,9-10,17-19H,5,8,11-12H2. The summed E-state index contributed by atoms with van der Waals surface area (Å²) in [6.45, 7) is 1.51. The van der Waals surface area contributed by atoms with Crippen LogP contribution < -0.4 is 5.32 Å². The largest absolute Gasteiger partial charge is 0.508 e. The predicted molar refractivity (Wildman–Crippen MR) is 76.2 cm³/mol. The summed E-state index contributed by atoms with van der Waals surface area (Å²) in [6, 6.07) is 14.8. The SMILES string of the molecule is Oc1ccccc1CCCNCc1ccccc1O. The van der Waals surface area contributed by atoms with Gasteiger partial charge in [0.2, 0.25) is 0 Å². The lowest BCUT2D eigenvalue weighted by molar-refractivity contribution is 0.462. The van der Waals surface area contributed by atoms with Crippen molar-refractivity contribution in [2.24, 2.45) is 0 Å². The van der Waals surface area contributed by atoms with Crippen molar-refractivity contribution in [1.29, 1.82) is 0 Å². The molecule has 2 aromatic carbocycles. The second-order valence-electron chi connectivity index (χ2n) is 4.54. The highest BCUT2D eigenvalue weighted by molar-refractivity contribution is 5.32. The summed E-state index contributed by atoms with van der Waals surface area (Å²) in [6.07, 6.45) is 1.80. The summed E-state index contributed by atoms with van der Waals surface area (Å²) < 4.78 is 0. The van der Waals surface area contributed by atoms with Crippen molar-refractivity contribution < 1.29 is 10.2 Å². The van der Waals surface area contributed by atoms with Gasteiger partial charge >= 0.3 is 0 Å². The molecule has 0 aliphatic carbocycles. The first-order valence-corrected chi connectivity index (χ1v) is 6.52. The van der Waals surface area contributed by atoms with E-state index in [0.717, 1.165) is 30.5 Å². The lowest BCUT2D eigenvalue weighted by atomic mass is 10.1. The minimum atomic E-state index is 0.329. The zero-order valence-corrected chi connectivity index (χ0v) is 10.8. The highest BCUT2D eigenvalue weighted by Crippen LogP contribution is 2.17. The smallest absolute Gasteiger partial charge is 0.120 e. The number of hydrogen-bond acceptors (Lipinski definition) is 3. The fraction of sp³-hybridized carbons (Fsp3) is 0.250. The highest BCUT2D eigenvalue weighted by Gasteiger charge is 2.00. The first kappa shape index (κ1) is 13.4. The average molecular weight is 257 g/mol. The number of aromatic hydroxyl groups is 2. The van der Waals surface area contributed by atoms with Crippen LogP contribution in [0.1, 0.15) is 17.5 Å². The summed E-state index contributed by atoms with van der Waals surface area (Å²) in [5.74, 6) is 0.693. The van der Waals surface area contributed by atoms with E-state index in [1.165, 1.54) is 0 Å². The van der Waals surface area contributed by atoms with E-state index in [9.17, 15) is 10.2 Å². The molecule has 0 spiro atoms. The summed E-state index contributed by atoms with van der Waals surface area (Å²) in [5, 5.41) is 22.5. The summed E-state index contributed by atoms with van der Waals surface area (Å²) >= 11 is 0. The molecule has 0 aromatic heterocycles. The quantitative estimate of drug-likeness (QED) is 0.697. The van der Waals surface area contributed by atoms with Gasteiger partial charge in [0, 0.05) is 12.1 Å². The third-order valence-corrected chi connectivity index (χ3v) is 3.10. The van der Waals surface area contributed by atoms with Crippen LogP contribution in [-0.2, 0) is 13.0 Å². The Hall–Kier alpha value is -2.00. The minimum absolute atomic E-state index is 0.329. The monoisotopic (exact) mass is 257 g/mol. The van der Waals surface area contributed by atoms with Crippen molar-refractivity contribution in [2.75, 3.05) is 6.54 Å². The van der Waals surface area contributed by atoms with Crippen molar-refractivity contribution in [3.63, 3.8) is 0 Å². The molecule has 0 radical (unpaired) electrons. The van der Waals surface area contributed by atoms with Gasteiger partial charge in [0.25, 0.3) is 0 Å². The van der Waals surface area contributed by atoms with Crippen LogP contribution in [0.15, 0.2) is 48.5 Å². The molecule has 2 aromatic rings. The van der Waals surface area contributed by atoms with Gasteiger partial charge in [-0.3, -0.25) is 0 Å². The Morgan fingerprint density at radius 3 is 2.00 bits per heavy atom. The number of aryl methyl sites for hydroxylation is 1. The lowest BCUT2D eigenvalue weighted by Gasteiger charge is -2.07. The molecule has 2 rings (SSSR count). The van der Waals surface area contributed by atoms with Gasteiger partial charge in [0.05, 0.1) is 0 Å². The van der Waals surface area contributed by atoms with Crippen molar-refractivity contribution in [1.82, 2.24) is 5.32 Å². The van der Waals surface area contributed by atoms with Crippen LogP contribution in [0.3, 0.4) is 0 Å². The van der Waals surface area contributed by atoms with E-state index in [1.54, 1.807) is 12.1 Å². The molecule has 0 saturated carbocycles. The minimum Gasteiger partial charge on any atom is -0.508 e. The molecule has 3 heteroatoms. The summed E-state index contributed by atoms with van der Waals surface area (Å²) in [4.78, 5) is 0. The molecular formula is C16H19NO2. The molecule has 3 nitrogen and oxygen atoms in total. The maximum atomic E-state index is 9.63. The van der Waals surface area contributed by atoms with E-state index in [-0.39, 0.29) is 0 Å².